The Hall–Kier alpha value is -0.840. The Morgan fingerprint density at radius 3 is 2.53 bits per heavy atom. The molecule has 5 heteroatoms. The molecule has 17 heavy (non-hydrogen) atoms. The molecule has 0 saturated carbocycles. The number of ether oxygens (including phenoxy) is 1. The maximum Gasteiger partial charge on any atom is 0.410 e. The lowest BCUT2D eigenvalue weighted by Crippen LogP contribution is -2.43. The van der Waals surface area contributed by atoms with E-state index in [1.165, 1.54) is 4.90 Å². The molecule has 2 atom stereocenters. The highest BCUT2D eigenvalue weighted by atomic mass is 19.1. The second kappa shape index (κ2) is 5.21. The number of halogens is 1. The minimum Gasteiger partial charge on any atom is -0.444 e. The minimum atomic E-state index is -0.938. The quantitative estimate of drug-likeness (QED) is 0.746. The molecule has 1 heterocycles. The van der Waals surface area contributed by atoms with Gasteiger partial charge in [0.15, 0.2) is 0 Å². The molecule has 1 rings (SSSR count). The summed E-state index contributed by atoms with van der Waals surface area (Å²) in [4.78, 5) is 15.4. The number of rotatable bonds is 2. The normalized spacial score (nSPS) is 25.5. The average Bonchev–Trinajstić information content (AvgIpc) is 2.42. The molecule has 0 aromatic heterocycles. The van der Waals surface area contributed by atoms with Gasteiger partial charge >= 0.3 is 6.09 Å². The number of alkyl halides is 1. The molecule has 0 bridgehead atoms. The van der Waals surface area contributed by atoms with Crippen LogP contribution >= 0.6 is 0 Å². The zero-order valence-corrected chi connectivity index (χ0v) is 11.4. The minimum absolute atomic E-state index is 0.0881. The molecule has 1 fully saturated rings. The van der Waals surface area contributed by atoms with E-state index in [9.17, 15) is 9.18 Å². The lowest BCUT2D eigenvalue weighted by atomic mass is 10.2. The van der Waals surface area contributed by atoms with Crippen LogP contribution in [0, 0.1) is 0 Å². The molecule has 0 aromatic carbocycles. The van der Waals surface area contributed by atoms with Crippen molar-refractivity contribution in [1.82, 2.24) is 9.80 Å². The SMILES string of the molecule is CN(C)C[C@H]1C[C@H](F)CN1C(=O)OC(C)(C)C. The summed E-state index contributed by atoms with van der Waals surface area (Å²) < 4.78 is 18.7. The van der Waals surface area contributed by atoms with Crippen molar-refractivity contribution in [3.8, 4) is 0 Å². The molecule has 0 N–H and O–H groups in total. The topological polar surface area (TPSA) is 32.8 Å². The van der Waals surface area contributed by atoms with Gasteiger partial charge in [-0.1, -0.05) is 0 Å². The first-order chi connectivity index (χ1) is 7.69. The molecule has 0 spiro atoms. The van der Waals surface area contributed by atoms with Crippen LogP contribution in [0.3, 0.4) is 0 Å². The Labute approximate surface area is 103 Å². The summed E-state index contributed by atoms with van der Waals surface area (Å²) in [7, 11) is 3.83. The van der Waals surface area contributed by atoms with Crippen molar-refractivity contribution in [2.24, 2.45) is 0 Å². The van der Waals surface area contributed by atoms with E-state index in [1.807, 2.05) is 39.8 Å². The van der Waals surface area contributed by atoms with Crippen LogP contribution in [0.5, 0.6) is 0 Å². The average molecular weight is 246 g/mol. The summed E-state index contributed by atoms with van der Waals surface area (Å²) >= 11 is 0. The largest absolute Gasteiger partial charge is 0.444 e. The summed E-state index contributed by atoms with van der Waals surface area (Å²) in [6.07, 6.45) is -0.950. The summed E-state index contributed by atoms with van der Waals surface area (Å²) in [5, 5.41) is 0. The number of amides is 1. The van der Waals surface area contributed by atoms with Gasteiger partial charge in [-0.2, -0.15) is 0 Å². The maximum atomic E-state index is 13.4. The van der Waals surface area contributed by atoms with Crippen LogP contribution in [0.15, 0.2) is 0 Å². The number of likely N-dealkylation sites (tertiary alicyclic amines) is 1. The number of hydrogen-bond donors (Lipinski definition) is 0. The molecule has 1 saturated heterocycles. The van der Waals surface area contributed by atoms with Crippen molar-refractivity contribution in [2.45, 2.75) is 45.0 Å². The van der Waals surface area contributed by atoms with E-state index in [4.69, 9.17) is 4.74 Å². The van der Waals surface area contributed by atoms with Crippen molar-refractivity contribution in [1.29, 1.82) is 0 Å². The lowest BCUT2D eigenvalue weighted by molar-refractivity contribution is 0.0201. The van der Waals surface area contributed by atoms with Crippen LogP contribution in [0.25, 0.3) is 0 Å². The number of carbonyl (C=O) groups excluding carboxylic acids is 1. The van der Waals surface area contributed by atoms with Gasteiger partial charge in [0.25, 0.3) is 0 Å². The summed E-state index contributed by atoms with van der Waals surface area (Å²) in [6.45, 7) is 6.26. The number of hydrogen-bond acceptors (Lipinski definition) is 3. The zero-order chi connectivity index (χ0) is 13.2. The molecule has 0 radical (unpaired) electrons. The van der Waals surface area contributed by atoms with Gasteiger partial charge in [-0.05, 0) is 34.9 Å². The number of nitrogens with zero attached hydrogens (tertiary/aromatic N) is 2. The van der Waals surface area contributed by atoms with Crippen molar-refractivity contribution in [2.75, 3.05) is 27.2 Å². The van der Waals surface area contributed by atoms with Gasteiger partial charge in [0.1, 0.15) is 11.8 Å². The predicted molar refractivity (Wildman–Crippen MR) is 64.8 cm³/mol. The van der Waals surface area contributed by atoms with Gasteiger partial charge in [-0.3, -0.25) is 0 Å². The van der Waals surface area contributed by atoms with Crippen LogP contribution in [0.4, 0.5) is 9.18 Å². The fraction of sp³-hybridized carbons (Fsp3) is 0.917. The van der Waals surface area contributed by atoms with Crippen LogP contribution in [-0.2, 0) is 4.74 Å². The molecule has 100 valence electrons. The summed E-state index contributed by atoms with van der Waals surface area (Å²) in [5.41, 5.74) is -0.534. The fourth-order valence-corrected chi connectivity index (χ4v) is 2.00. The van der Waals surface area contributed by atoms with E-state index >= 15 is 0 Å². The van der Waals surface area contributed by atoms with E-state index in [0.29, 0.717) is 13.0 Å². The molecule has 0 aromatic rings. The van der Waals surface area contributed by atoms with Gasteiger partial charge in [-0.25, -0.2) is 9.18 Å². The van der Waals surface area contributed by atoms with Crippen molar-refractivity contribution in [3.63, 3.8) is 0 Å². The first-order valence-corrected chi connectivity index (χ1v) is 5.97. The molecule has 0 unspecified atom stereocenters. The second-order valence-electron chi connectivity index (χ2n) is 5.88. The highest BCUT2D eigenvalue weighted by Gasteiger charge is 2.37. The summed E-state index contributed by atoms with van der Waals surface area (Å²) in [5.74, 6) is 0. The molecular weight excluding hydrogens is 223 g/mol. The van der Waals surface area contributed by atoms with Crippen molar-refractivity contribution in [3.05, 3.63) is 0 Å². The standard InChI is InChI=1S/C12H23FN2O2/c1-12(2,3)17-11(16)15-7-9(13)6-10(15)8-14(4)5/h9-10H,6-8H2,1-5H3/t9-,10+/m0/s1. The number of likely N-dealkylation sites (N-methyl/N-ethyl adjacent to an activating group) is 1. The van der Waals surface area contributed by atoms with E-state index < -0.39 is 17.9 Å². The number of carbonyl (C=O) groups is 1. The second-order valence-corrected chi connectivity index (χ2v) is 5.88. The molecule has 1 amide bonds. The fourth-order valence-electron chi connectivity index (χ4n) is 2.00. The molecule has 1 aliphatic heterocycles. The smallest absolute Gasteiger partial charge is 0.410 e. The summed E-state index contributed by atoms with van der Waals surface area (Å²) in [6, 6.07) is -0.0881. The highest BCUT2D eigenvalue weighted by molar-refractivity contribution is 5.69. The monoisotopic (exact) mass is 246 g/mol. The van der Waals surface area contributed by atoms with Gasteiger partial charge in [0.05, 0.1) is 12.6 Å². The Bertz CT molecular complexity index is 276. The van der Waals surface area contributed by atoms with E-state index in [0.717, 1.165) is 0 Å². The third kappa shape index (κ3) is 4.50. The zero-order valence-electron chi connectivity index (χ0n) is 11.4. The molecule has 0 aliphatic carbocycles. The van der Waals surface area contributed by atoms with E-state index in [1.54, 1.807) is 0 Å². The maximum absolute atomic E-state index is 13.4. The van der Waals surface area contributed by atoms with Gasteiger partial charge in [-0.15, -0.1) is 0 Å². The Morgan fingerprint density at radius 1 is 1.47 bits per heavy atom. The van der Waals surface area contributed by atoms with Crippen LogP contribution in [0.1, 0.15) is 27.2 Å². The van der Waals surface area contributed by atoms with Gasteiger partial charge < -0.3 is 14.5 Å². The van der Waals surface area contributed by atoms with Crippen molar-refractivity contribution < 1.29 is 13.9 Å². The van der Waals surface area contributed by atoms with E-state index in [-0.39, 0.29) is 12.6 Å². The highest BCUT2D eigenvalue weighted by Crippen LogP contribution is 2.23. The predicted octanol–water partition coefficient (Wildman–Crippen LogP) is 1.90. The van der Waals surface area contributed by atoms with Crippen LogP contribution in [-0.4, -0.2) is 60.9 Å². The van der Waals surface area contributed by atoms with E-state index in [2.05, 4.69) is 0 Å². The molecule has 1 aliphatic rings. The third-order valence-corrected chi connectivity index (χ3v) is 2.57. The van der Waals surface area contributed by atoms with Gasteiger partial charge in [0, 0.05) is 13.0 Å². The molecular formula is C12H23FN2O2. The van der Waals surface area contributed by atoms with Gasteiger partial charge in [0.2, 0.25) is 0 Å². The Morgan fingerprint density at radius 2 is 2.06 bits per heavy atom. The third-order valence-electron chi connectivity index (χ3n) is 2.57. The van der Waals surface area contributed by atoms with Crippen molar-refractivity contribution >= 4 is 6.09 Å². The lowest BCUT2D eigenvalue weighted by Gasteiger charge is -2.29. The van der Waals surface area contributed by atoms with Crippen LogP contribution in [0.2, 0.25) is 0 Å². The first kappa shape index (κ1) is 14.2. The first-order valence-electron chi connectivity index (χ1n) is 5.97. The molecule has 4 nitrogen and oxygen atoms in total. The Balaban J connectivity index is 2.63. The Kier molecular flexibility index (Phi) is 4.36. The van der Waals surface area contributed by atoms with Crippen LogP contribution < -0.4 is 0 Å².